The van der Waals surface area contributed by atoms with Crippen LogP contribution >= 0.6 is 0 Å². The summed E-state index contributed by atoms with van der Waals surface area (Å²) in [4.78, 5) is 0. The van der Waals surface area contributed by atoms with Gasteiger partial charge in [0, 0.05) is 10.2 Å². The van der Waals surface area contributed by atoms with Crippen molar-refractivity contribution in [2.75, 3.05) is 13.3 Å². The van der Waals surface area contributed by atoms with Crippen molar-refractivity contribution in [3.8, 4) is 11.5 Å². The van der Waals surface area contributed by atoms with Gasteiger partial charge in [0.05, 0.1) is 0 Å². The van der Waals surface area contributed by atoms with E-state index in [9.17, 15) is 0 Å². The topological polar surface area (TPSA) is 30.5 Å². The van der Waals surface area contributed by atoms with E-state index >= 15 is 0 Å². The van der Waals surface area contributed by atoms with Gasteiger partial charge in [0.2, 0.25) is 6.79 Å². The Morgan fingerprint density at radius 1 is 1.53 bits per heavy atom. The molecule has 0 spiro atoms. The first-order chi connectivity index (χ1) is 8.50. The number of nitrogens with one attached hydrogen (secondary N) is 1. The van der Waals surface area contributed by atoms with Crippen LogP contribution in [-0.2, 0) is 6.42 Å². The van der Waals surface area contributed by atoms with Crippen LogP contribution in [0.3, 0.4) is 0 Å². The Hall–Kier alpha value is -1.22. The summed E-state index contributed by atoms with van der Waals surface area (Å²) in [7, 11) is 0. The number of rotatable bonds is 4. The molecule has 82 valence electrons. The molecule has 2 rings (SSSR count). The van der Waals surface area contributed by atoms with Gasteiger partial charge in [-0.25, -0.2) is 0 Å². The highest BCUT2D eigenvalue weighted by molar-refractivity contribution is 5.44. The van der Waals surface area contributed by atoms with Crippen LogP contribution in [0.15, 0.2) is 18.2 Å². The van der Waals surface area contributed by atoms with E-state index in [4.69, 9.17) is 13.6 Å². The number of fused-ring (bicyclic) bond motifs is 1. The van der Waals surface area contributed by atoms with Crippen molar-refractivity contribution in [2.24, 2.45) is 0 Å². The smallest absolute Gasteiger partial charge is 0.231 e. The summed E-state index contributed by atoms with van der Waals surface area (Å²) < 4.78 is 32.7. The van der Waals surface area contributed by atoms with E-state index in [1.165, 1.54) is 0 Å². The molecule has 0 saturated carbocycles. The van der Waals surface area contributed by atoms with Crippen molar-refractivity contribution in [3.63, 3.8) is 0 Å². The number of benzene rings is 1. The lowest BCUT2D eigenvalue weighted by Crippen LogP contribution is -2.27. The molecule has 1 aliphatic heterocycles. The van der Waals surface area contributed by atoms with Gasteiger partial charge in [-0.05, 0) is 37.5 Å². The van der Waals surface area contributed by atoms with Gasteiger partial charge in [-0.1, -0.05) is 13.0 Å². The van der Waals surface area contributed by atoms with E-state index < -0.39 is 6.50 Å². The van der Waals surface area contributed by atoms with E-state index in [0.717, 1.165) is 17.1 Å². The first-order valence-electron chi connectivity index (χ1n) is 6.66. The molecule has 3 heteroatoms. The standard InChI is InChI=1S/C12H17NO2/c1-3-13-9(2)6-10-4-5-11-12(7-10)15-8-14-11/h4-5,7,9,13H,3,6,8H2,1-2H3/i1D,3D2. The van der Waals surface area contributed by atoms with E-state index in [2.05, 4.69) is 5.32 Å². The summed E-state index contributed by atoms with van der Waals surface area (Å²) in [6.45, 7) is 0.223. The average molecular weight is 210 g/mol. The minimum atomic E-state index is -1.64. The lowest BCUT2D eigenvalue weighted by molar-refractivity contribution is 0.174. The Balaban J connectivity index is 1.97. The van der Waals surface area contributed by atoms with Gasteiger partial charge in [0.1, 0.15) is 0 Å². The lowest BCUT2D eigenvalue weighted by atomic mass is 10.1. The number of ether oxygens (including phenoxy) is 2. The van der Waals surface area contributed by atoms with Crippen LogP contribution in [0.5, 0.6) is 11.5 Å². The second-order valence-electron chi connectivity index (χ2n) is 3.61. The molecule has 0 bridgehead atoms. The van der Waals surface area contributed by atoms with Crippen LogP contribution in [0.1, 0.15) is 23.5 Å². The Bertz CT molecular complexity index is 426. The van der Waals surface area contributed by atoms with Crippen LogP contribution in [0.4, 0.5) is 0 Å². The molecule has 15 heavy (non-hydrogen) atoms. The monoisotopic (exact) mass is 210 g/mol. The van der Waals surface area contributed by atoms with Crippen molar-refractivity contribution >= 4 is 0 Å². The third-order valence-electron chi connectivity index (χ3n) is 2.33. The van der Waals surface area contributed by atoms with Gasteiger partial charge in [-0.2, -0.15) is 0 Å². The number of likely N-dealkylation sites (N-methyl/N-ethyl adjacent to an activating group) is 1. The second-order valence-corrected chi connectivity index (χ2v) is 3.61. The number of hydrogen-bond donors (Lipinski definition) is 1. The fraction of sp³-hybridized carbons (Fsp3) is 0.500. The third kappa shape index (κ3) is 2.42. The summed E-state index contributed by atoms with van der Waals surface area (Å²) in [6, 6.07) is 5.67. The minimum absolute atomic E-state index is 0.0503. The van der Waals surface area contributed by atoms with Crippen molar-refractivity contribution < 1.29 is 13.6 Å². The Morgan fingerprint density at radius 2 is 2.40 bits per heavy atom. The van der Waals surface area contributed by atoms with E-state index in [-0.39, 0.29) is 19.7 Å². The summed E-state index contributed by atoms with van der Waals surface area (Å²) in [5.74, 6) is 1.49. The zero-order valence-electron chi connectivity index (χ0n) is 11.7. The summed E-state index contributed by atoms with van der Waals surface area (Å²) >= 11 is 0. The third-order valence-corrected chi connectivity index (χ3v) is 2.33. The van der Waals surface area contributed by atoms with Gasteiger partial charge >= 0.3 is 0 Å². The van der Waals surface area contributed by atoms with Gasteiger partial charge in [0.15, 0.2) is 11.5 Å². The summed E-state index contributed by atoms with van der Waals surface area (Å²) in [6.07, 6.45) is 0.677. The normalized spacial score (nSPS) is 19.1. The second kappa shape index (κ2) is 4.53. The first-order valence-corrected chi connectivity index (χ1v) is 4.96. The molecular weight excluding hydrogens is 190 g/mol. The summed E-state index contributed by atoms with van der Waals surface area (Å²) in [5.41, 5.74) is 1.06. The fourth-order valence-corrected chi connectivity index (χ4v) is 1.65. The van der Waals surface area contributed by atoms with Gasteiger partial charge in [-0.15, -0.1) is 0 Å². The highest BCUT2D eigenvalue weighted by atomic mass is 16.7. The zero-order chi connectivity index (χ0) is 13.2. The maximum absolute atomic E-state index is 7.52. The maximum Gasteiger partial charge on any atom is 0.231 e. The molecule has 1 atom stereocenters. The Morgan fingerprint density at radius 3 is 3.27 bits per heavy atom. The largest absolute Gasteiger partial charge is 0.454 e. The molecule has 0 aliphatic carbocycles. The average Bonchev–Trinajstić information content (AvgIpc) is 2.75. The molecule has 1 aromatic carbocycles. The van der Waals surface area contributed by atoms with Gasteiger partial charge in [-0.3, -0.25) is 0 Å². The lowest BCUT2D eigenvalue weighted by Gasteiger charge is -2.12. The molecule has 1 heterocycles. The predicted octanol–water partition coefficient (Wildman–Crippen LogP) is 1.96. The highest BCUT2D eigenvalue weighted by Crippen LogP contribution is 2.32. The van der Waals surface area contributed by atoms with Crippen molar-refractivity contribution in [2.45, 2.75) is 26.3 Å². The Labute approximate surface area is 94.6 Å². The van der Waals surface area contributed by atoms with Crippen LogP contribution in [0.25, 0.3) is 0 Å². The molecule has 0 fully saturated rings. The molecule has 0 saturated heterocycles. The zero-order valence-corrected chi connectivity index (χ0v) is 8.75. The fourth-order valence-electron chi connectivity index (χ4n) is 1.65. The number of hydrogen-bond acceptors (Lipinski definition) is 3. The Kier molecular flexibility index (Phi) is 2.15. The molecule has 0 amide bonds. The van der Waals surface area contributed by atoms with E-state index in [1.807, 2.05) is 25.1 Å². The molecule has 3 nitrogen and oxygen atoms in total. The maximum atomic E-state index is 7.52. The van der Waals surface area contributed by atoms with Crippen molar-refractivity contribution in [1.29, 1.82) is 0 Å². The molecule has 1 N–H and O–H groups in total. The van der Waals surface area contributed by atoms with Crippen LogP contribution in [0, 0.1) is 0 Å². The molecule has 1 aromatic rings. The summed E-state index contributed by atoms with van der Waals surface area (Å²) in [5, 5.41) is 2.80. The molecule has 1 aliphatic rings. The van der Waals surface area contributed by atoms with Crippen LogP contribution < -0.4 is 14.8 Å². The molecule has 0 radical (unpaired) electrons. The van der Waals surface area contributed by atoms with E-state index in [0.29, 0.717) is 6.42 Å². The van der Waals surface area contributed by atoms with Gasteiger partial charge in [0.25, 0.3) is 0 Å². The van der Waals surface area contributed by atoms with Crippen molar-refractivity contribution in [1.82, 2.24) is 5.32 Å². The van der Waals surface area contributed by atoms with E-state index in [1.54, 1.807) is 0 Å². The minimum Gasteiger partial charge on any atom is -0.454 e. The first kappa shape index (κ1) is 7.12. The van der Waals surface area contributed by atoms with Crippen LogP contribution in [0.2, 0.25) is 0 Å². The molecule has 1 unspecified atom stereocenters. The highest BCUT2D eigenvalue weighted by Gasteiger charge is 2.13. The van der Waals surface area contributed by atoms with Crippen LogP contribution in [-0.4, -0.2) is 19.3 Å². The van der Waals surface area contributed by atoms with Gasteiger partial charge < -0.3 is 14.8 Å². The SMILES string of the molecule is [2H]CC([2H])([2H])NC(C)Cc1ccc2c(c1)OCO2. The van der Waals surface area contributed by atoms with Crippen molar-refractivity contribution in [3.05, 3.63) is 23.8 Å². The molecular formula is C12H17NO2. The quantitative estimate of drug-likeness (QED) is 0.824. The predicted molar refractivity (Wildman–Crippen MR) is 59.4 cm³/mol. The molecule has 0 aromatic heterocycles.